The van der Waals surface area contributed by atoms with Gasteiger partial charge in [0, 0.05) is 54.7 Å². The molecule has 152 valence electrons. The molecule has 0 aliphatic carbocycles. The van der Waals surface area contributed by atoms with Crippen molar-refractivity contribution < 1.29 is 4.79 Å². The average Bonchev–Trinajstić information content (AvgIpc) is 3.42. The molecule has 4 aromatic rings. The second-order valence-electron chi connectivity index (χ2n) is 7.89. The number of hydrogen-bond acceptors (Lipinski definition) is 3. The van der Waals surface area contributed by atoms with Crippen LogP contribution in [0.2, 0.25) is 0 Å². The normalized spacial score (nSPS) is 15.4. The summed E-state index contributed by atoms with van der Waals surface area (Å²) < 4.78 is 3.66. The molecule has 3 aromatic heterocycles. The van der Waals surface area contributed by atoms with Crippen molar-refractivity contribution in [2.75, 3.05) is 0 Å². The standard InChI is InChI=1S/C23H23N5O2/c1-15-6-8-27(9-7-16-11-25-20-5-3-2-4-19(16)20)23(30)21(15)22(29)26-17-10-18-12-24-14-28(18)13-17/h2-6,8,11-12,14,17,25H,7,9-10,13H2,1H3,(H,26,29). The number of fused-ring (bicyclic) bond motifs is 2. The van der Waals surface area contributed by atoms with Gasteiger partial charge in [-0.3, -0.25) is 9.59 Å². The molecule has 0 fully saturated rings. The highest BCUT2D eigenvalue weighted by molar-refractivity contribution is 5.95. The maximum Gasteiger partial charge on any atom is 0.263 e. The van der Waals surface area contributed by atoms with Crippen LogP contribution in [0.3, 0.4) is 0 Å². The van der Waals surface area contributed by atoms with Crippen molar-refractivity contribution in [3.8, 4) is 0 Å². The van der Waals surface area contributed by atoms with Gasteiger partial charge < -0.3 is 19.4 Å². The average molecular weight is 401 g/mol. The summed E-state index contributed by atoms with van der Waals surface area (Å²) in [7, 11) is 0. The van der Waals surface area contributed by atoms with Gasteiger partial charge in [-0.05, 0) is 36.6 Å². The number of amides is 1. The highest BCUT2D eigenvalue weighted by Gasteiger charge is 2.25. The minimum atomic E-state index is -0.303. The number of para-hydroxylation sites is 1. The molecule has 4 heterocycles. The zero-order valence-electron chi connectivity index (χ0n) is 16.8. The van der Waals surface area contributed by atoms with Gasteiger partial charge in [-0.25, -0.2) is 4.98 Å². The Kier molecular flexibility index (Phi) is 4.50. The summed E-state index contributed by atoms with van der Waals surface area (Å²) in [6, 6.07) is 9.94. The summed E-state index contributed by atoms with van der Waals surface area (Å²) in [6.07, 6.45) is 8.79. The first-order valence-corrected chi connectivity index (χ1v) is 10.1. The first-order chi connectivity index (χ1) is 14.6. The van der Waals surface area contributed by atoms with Crippen LogP contribution in [0.4, 0.5) is 0 Å². The van der Waals surface area contributed by atoms with Gasteiger partial charge in [0.1, 0.15) is 5.56 Å². The third-order valence-corrected chi connectivity index (χ3v) is 5.90. The summed E-state index contributed by atoms with van der Waals surface area (Å²) in [4.78, 5) is 33.4. The number of H-pyrrole nitrogens is 1. The van der Waals surface area contributed by atoms with E-state index in [1.165, 1.54) is 0 Å². The van der Waals surface area contributed by atoms with Crippen LogP contribution in [0.15, 0.2) is 60.0 Å². The maximum atomic E-state index is 13.1. The molecule has 0 bridgehead atoms. The number of aryl methyl sites for hydroxylation is 3. The topological polar surface area (TPSA) is 84.7 Å². The number of imidazole rings is 1. The molecule has 5 rings (SSSR count). The fraction of sp³-hybridized carbons (Fsp3) is 0.261. The molecule has 1 aromatic carbocycles. The van der Waals surface area contributed by atoms with E-state index in [0.29, 0.717) is 25.1 Å². The molecule has 0 saturated heterocycles. The lowest BCUT2D eigenvalue weighted by Gasteiger charge is -2.14. The van der Waals surface area contributed by atoms with E-state index in [9.17, 15) is 9.59 Å². The highest BCUT2D eigenvalue weighted by atomic mass is 16.2. The summed E-state index contributed by atoms with van der Waals surface area (Å²) in [5.41, 5.74) is 4.02. The summed E-state index contributed by atoms with van der Waals surface area (Å²) in [5, 5.41) is 4.19. The number of pyridine rings is 1. The van der Waals surface area contributed by atoms with E-state index in [-0.39, 0.29) is 23.1 Å². The second-order valence-corrected chi connectivity index (χ2v) is 7.89. The lowest BCUT2D eigenvalue weighted by atomic mass is 10.1. The molecule has 30 heavy (non-hydrogen) atoms. The molecule has 7 heteroatoms. The van der Waals surface area contributed by atoms with Crippen molar-refractivity contribution >= 4 is 16.8 Å². The largest absolute Gasteiger partial charge is 0.361 e. The predicted octanol–water partition coefficient (Wildman–Crippen LogP) is 2.43. The van der Waals surface area contributed by atoms with E-state index < -0.39 is 0 Å². The van der Waals surface area contributed by atoms with Crippen LogP contribution in [0.5, 0.6) is 0 Å². The molecule has 1 unspecified atom stereocenters. The Morgan fingerprint density at radius 2 is 2.17 bits per heavy atom. The van der Waals surface area contributed by atoms with Crippen LogP contribution in [-0.4, -0.2) is 31.1 Å². The zero-order valence-corrected chi connectivity index (χ0v) is 16.8. The Labute approximate surface area is 173 Å². The Bertz CT molecular complexity index is 1280. The fourth-order valence-corrected chi connectivity index (χ4v) is 4.29. The van der Waals surface area contributed by atoms with Crippen LogP contribution in [0.25, 0.3) is 10.9 Å². The first-order valence-electron chi connectivity index (χ1n) is 10.1. The molecule has 1 aliphatic rings. The number of nitrogens with zero attached hydrogens (tertiary/aromatic N) is 3. The van der Waals surface area contributed by atoms with Gasteiger partial charge in [-0.1, -0.05) is 18.2 Å². The van der Waals surface area contributed by atoms with Crippen LogP contribution >= 0.6 is 0 Å². The Morgan fingerprint density at radius 1 is 1.30 bits per heavy atom. The molecule has 0 radical (unpaired) electrons. The highest BCUT2D eigenvalue weighted by Crippen LogP contribution is 2.18. The fourth-order valence-electron chi connectivity index (χ4n) is 4.29. The van der Waals surface area contributed by atoms with Gasteiger partial charge in [0.25, 0.3) is 11.5 Å². The molecule has 0 saturated carbocycles. The molecule has 1 aliphatic heterocycles. The van der Waals surface area contributed by atoms with Crippen molar-refractivity contribution in [3.05, 3.63) is 88.0 Å². The van der Waals surface area contributed by atoms with Gasteiger partial charge in [-0.2, -0.15) is 0 Å². The molecule has 0 spiro atoms. The maximum absolute atomic E-state index is 13.1. The van der Waals surface area contributed by atoms with Crippen molar-refractivity contribution in [1.29, 1.82) is 0 Å². The Morgan fingerprint density at radius 3 is 3.03 bits per heavy atom. The minimum absolute atomic E-state index is 0.0193. The zero-order chi connectivity index (χ0) is 20.7. The molecular weight excluding hydrogens is 378 g/mol. The summed E-state index contributed by atoms with van der Waals surface area (Å²) in [6.45, 7) is 3.01. The van der Waals surface area contributed by atoms with Gasteiger partial charge >= 0.3 is 0 Å². The van der Waals surface area contributed by atoms with Gasteiger partial charge in [0.05, 0.1) is 12.4 Å². The van der Waals surface area contributed by atoms with Crippen LogP contribution in [0.1, 0.15) is 27.2 Å². The lowest BCUT2D eigenvalue weighted by molar-refractivity contribution is 0.0934. The Balaban J connectivity index is 1.34. The van der Waals surface area contributed by atoms with Crippen molar-refractivity contribution in [2.45, 2.75) is 38.9 Å². The van der Waals surface area contributed by atoms with E-state index in [0.717, 1.165) is 28.6 Å². The monoisotopic (exact) mass is 401 g/mol. The summed E-state index contributed by atoms with van der Waals surface area (Å²) in [5.74, 6) is -0.303. The van der Waals surface area contributed by atoms with Crippen LogP contribution < -0.4 is 10.9 Å². The van der Waals surface area contributed by atoms with E-state index in [1.807, 2.05) is 48.1 Å². The molecule has 2 N–H and O–H groups in total. The second kappa shape index (κ2) is 7.33. The number of aromatic nitrogens is 4. The third-order valence-electron chi connectivity index (χ3n) is 5.90. The van der Waals surface area contributed by atoms with Crippen molar-refractivity contribution in [2.24, 2.45) is 0 Å². The molecular formula is C23H23N5O2. The van der Waals surface area contributed by atoms with E-state index in [1.54, 1.807) is 17.1 Å². The number of aromatic amines is 1. The number of carbonyl (C=O) groups excluding carboxylic acids is 1. The smallest absolute Gasteiger partial charge is 0.263 e. The predicted molar refractivity (Wildman–Crippen MR) is 115 cm³/mol. The SMILES string of the molecule is Cc1ccn(CCc2c[nH]c3ccccc23)c(=O)c1C(=O)NC1Cc2cncn2C1. The summed E-state index contributed by atoms with van der Waals surface area (Å²) >= 11 is 0. The van der Waals surface area contributed by atoms with E-state index in [4.69, 9.17) is 0 Å². The first kappa shape index (κ1) is 18.4. The minimum Gasteiger partial charge on any atom is -0.361 e. The third kappa shape index (κ3) is 3.22. The molecule has 7 nitrogen and oxygen atoms in total. The van der Waals surface area contributed by atoms with Crippen LogP contribution in [-0.2, 0) is 25.9 Å². The van der Waals surface area contributed by atoms with Crippen molar-refractivity contribution in [3.63, 3.8) is 0 Å². The quantitative estimate of drug-likeness (QED) is 0.539. The van der Waals surface area contributed by atoms with Gasteiger partial charge in [0.2, 0.25) is 0 Å². The number of carbonyl (C=O) groups is 1. The molecule has 1 amide bonds. The van der Waals surface area contributed by atoms with Gasteiger partial charge in [-0.15, -0.1) is 0 Å². The van der Waals surface area contributed by atoms with Crippen LogP contribution in [0, 0.1) is 6.92 Å². The number of nitrogens with one attached hydrogen (secondary N) is 2. The number of benzene rings is 1. The lowest BCUT2D eigenvalue weighted by Crippen LogP contribution is -2.40. The number of rotatable bonds is 5. The number of hydrogen-bond donors (Lipinski definition) is 2. The van der Waals surface area contributed by atoms with E-state index >= 15 is 0 Å². The van der Waals surface area contributed by atoms with Crippen molar-refractivity contribution in [1.82, 2.24) is 24.4 Å². The molecule has 1 atom stereocenters. The van der Waals surface area contributed by atoms with Gasteiger partial charge in [0.15, 0.2) is 0 Å². The van der Waals surface area contributed by atoms with E-state index in [2.05, 4.69) is 21.4 Å². The Hall–Kier alpha value is -3.61.